The Kier molecular flexibility index (Phi) is 6.52. The first-order valence-corrected chi connectivity index (χ1v) is 6.09. The lowest BCUT2D eigenvalue weighted by molar-refractivity contribution is -0.122. The Hall–Kier alpha value is -1.86. The Morgan fingerprint density at radius 1 is 1.33 bits per heavy atom. The van der Waals surface area contributed by atoms with Gasteiger partial charge in [-0.25, -0.2) is 0 Å². The van der Waals surface area contributed by atoms with Crippen LogP contribution in [0.4, 0.5) is 0 Å². The first kappa shape index (κ1) is 14.2. The molecule has 1 N–H and O–H groups in total. The lowest BCUT2D eigenvalue weighted by Gasteiger charge is -2.06. The Morgan fingerprint density at radius 3 is 2.67 bits per heavy atom. The van der Waals surface area contributed by atoms with Crippen LogP contribution in [0.2, 0.25) is 0 Å². The molecule has 0 atom stereocenters. The van der Waals surface area contributed by atoms with Crippen LogP contribution in [0.25, 0.3) is 0 Å². The fourth-order valence-electron chi connectivity index (χ4n) is 1.40. The molecule has 1 aromatic rings. The first-order valence-electron chi connectivity index (χ1n) is 6.09. The van der Waals surface area contributed by atoms with E-state index in [1.54, 1.807) is 12.1 Å². The van der Waals surface area contributed by atoms with Gasteiger partial charge < -0.3 is 10.1 Å². The third-order valence-electron chi connectivity index (χ3n) is 2.39. The molecule has 0 heterocycles. The molecule has 0 aromatic heterocycles. The molecule has 4 nitrogen and oxygen atoms in total. The maximum Gasteiger partial charge on any atom is 0.222 e. The lowest BCUT2D eigenvalue weighted by atomic mass is 10.1. The highest BCUT2D eigenvalue weighted by Crippen LogP contribution is 2.02. The normalized spacial score (nSPS) is 9.78. The third kappa shape index (κ3) is 5.46. The Bertz CT molecular complexity index is 407. The summed E-state index contributed by atoms with van der Waals surface area (Å²) in [5, 5.41) is 11.5. The highest BCUT2D eigenvalue weighted by atomic mass is 16.5. The van der Waals surface area contributed by atoms with E-state index in [1.807, 2.05) is 19.1 Å². The number of hydrogen-bond donors (Lipinski definition) is 1. The fourth-order valence-corrected chi connectivity index (χ4v) is 1.40. The van der Waals surface area contributed by atoms with Gasteiger partial charge in [0.2, 0.25) is 5.91 Å². The second-order valence-corrected chi connectivity index (χ2v) is 3.95. The average Bonchev–Trinajstić information content (AvgIpc) is 2.42. The number of hydrogen-bond acceptors (Lipinski definition) is 3. The van der Waals surface area contributed by atoms with Gasteiger partial charge in [-0.15, -0.1) is 0 Å². The van der Waals surface area contributed by atoms with Crippen molar-refractivity contribution < 1.29 is 9.53 Å². The number of amides is 1. The molecule has 1 aromatic carbocycles. The number of rotatable bonds is 7. The number of carbonyl (C=O) groups excluding carboxylic acids is 1. The fraction of sp³-hybridized carbons (Fsp3) is 0.429. The van der Waals surface area contributed by atoms with E-state index in [0.29, 0.717) is 31.7 Å². The minimum atomic E-state index is -0.0181. The van der Waals surface area contributed by atoms with Crippen LogP contribution in [-0.4, -0.2) is 19.1 Å². The van der Waals surface area contributed by atoms with Crippen LogP contribution in [0, 0.1) is 11.3 Å². The highest BCUT2D eigenvalue weighted by molar-refractivity contribution is 5.75. The van der Waals surface area contributed by atoms with Crippen molar-refractivity contribution in [3.63, 3.8) is 0 Å². The zero-order valence-electron chi connectivity index (χ0n) is 10.6. The molecular formula is C14H18N2O2. The predicted octanol–water partition coefficient (Wildman–Crippen LogP) is 1.99. The van der Waals surface area contributed by atoms with Gasteiger partial charge >= 0.3 is 0 Å². The molecule has 18 heavy (non-hydrogen) atoms. The summed E-state index contributed by atoms with van der Waals surface area (Å²) in [4.78, 5) is 11.5. The van der Waals surface area contributed by atoms with Gasteiger partial charge in [0, 0.05) is 19.6 Å². The van der Waals surface area contributed by atoms with Crippen LogP contribution in [0.1, 0.15) is 30.9 Å². The van der Waals surface area contributed by atoms with Gasteiger partial charge in [-0.05, 0) is 24.1 Å². The topological polar surface area (TPSA) is 62.1 Å². The molecule has 0 saturated heterocycles. The number of carbonyl (C=O) groups is 1. The zero-order chi connectivity index (χ0) is 13.2. The number of nitriles is 1. The van der Waals surface area contributed by atoms with Crippen LogP contribution in [-0.2, 0) is 16.1 Å². The van der Waals surface area contributed by atoms with Crippen molar-refractivity contribution in [2.45, 2.75) is 26.3 Å². The molecule has 4 heteroatoms. The summed E-state index contributed by atoms with van der Waals surface area (Å²) in [6, 6.07) is 9.22. The SMILES string of the molecule is CCCOCCC(=O)NCc1ccc(C#N)cc1. The maximum absolute atomic E-state index is 11.5. The van der Waals surface area contributed by atoms with Crippen LogP contribution >= 0.6 is 0 Å². The minimum absolute atomic E-state index is 0.0181. The van der Waals surface area contributed by atoms with E-state index in [4.69, 9.17) is 10.00 Å². The first-order chi connectivity index (χ1) is 8.76. The van der Waals surface area contributed by atoms with Crippen LogP contribution < -0.4 is 5.32 Å². The van der Waals surface area contributed by atoms with E-state index in [-0.39, 0.29) is 5.91 Å². The van der Waals surface area contributed by atoms with Gasteiger partial charge in [-0.1, -0.05) is 19.1 Å². The second kappa shape index (κ2) is 8.26. The Labute approximate surface area is 108 Å². The lowest BCUT2D eigenvalue weighted by Crippen LogP contribution is -2.23. The summed E-state index contributed by atoms with van der Waals surface area (Å²) < 4.78 is 5.24. The molecule has 0 spiro atoms. The Morgan fingerprint density at radius 2 is 2.06 bits per heavy atom. The molecule has 0 aliphatic carbocycles. The molecule has 1 rings (SSSR count). The molecule has 1 amide bonds. The van der Waals surface area contributed by atoms with Crippen molar-refractivity contribution in [3.8, 4) is 6.07 Å². The van der Waals surface area contributed by atoms with Crippen LogP contribution in [0.3, 0.4) is 0 Å². The van der Waals surface area contributed by atoms with E-state index < -0.39 is 0 Å². The molecule has 0 bridgehead atoms. The van der Waals surface area contributed by atoms with Gasteiger partial charge in [-0.3, -0.25) is 4.79 Å². The molecule has 0 aliphatic heterocycles. The molecule has 96 valence electrons. The van der Waals surface area contributed by atoms with Crippen LogP contribution in [0.5, 0.6) is 0 Å². The summed E-state index contributed by atoms with van der Waals surface area (Å²) in [7, 11) is 0. The van der Waals surface area contributed by atoms with Crippen molar-refractivity contribution in [2.24, 2.45) is 0 Å². The maximum atomic E-state index is 11.5. The smallest absolute Gasteiger partial charge is 0.222 e. The largest absolute Gasteiger partial charge is 0.381 e. The van der Waals surface area contributed by atoms with E-state index in [2.05, 4.69) is 11.4 Å². The van der Waals surface area contributed by atoms with E-state index >= 15 is 0 Å². The van der Waals surface area contributed by atoms with E-state index in [0.717, 1.165) is 12.0 Å². The number of benzene rings is 1. The van der Waals surface area contributed by atoms with Crippen LogP contribution in [0.15, 0.2) is 24.3 Å². The zero-order valence-corrected chi connectivity index (χ0v) is 10.6. The molecule has 0 radical (unpaired) electrons. The van der Waals surface area contributed by atoms with Crippen molar-refractivity contribution in [1.29, 1.82) is 5.26 Å². The second-order valence-electron chi connectivity index (χ2n) is 3.95. The summed E-state index contributed by atoms with van der Waals surface area (Å²) in [6.07, 6.45) is 1.35. The van der Waals surface area contributed by atoms with Gasteiger partial charge in [0.25, 0.3) is 0 Å². The number of nitrogens with one attached hydrogen (secondary N) is 1. The monoisotopic (exact) mass is 246 g/mol. The average molecular weight is 246 g/mol. The molecule has 0 saturated carbocycles. The standard InChI is InChI=1S/C14H18N2O2/c1-2-8-18-9-7-14(17)16-11-13-5-3-12(10-15)4-6-13/h3-6H,2,7-9,11H2,1H3,(H,16,17). The van der Waals surface area contributed by atoms with E-state index in [1.165, 1.54) is 0 Å². The minimum Gasteiger partial charge on any atom is -0.381 e. The molecular weight excluding hydrogens is 228 g/mol. The third-order valence-corrected chi connectivity index (χ3v) is 2.39. The number of nitrogens with zero attached hydrogens (tertiary/aromatic N) is 1. The van der Waals surface area contributed by atoms with Crippen molar-refractivity contribution in [1.82, 2.24) is 5.32 Å². The predicted molar refractivity (Wildman–Crippen MR) is 68.7 cm³/mol. The van der Waals surface area contributed by atoms with Gasteiger partial charge in [0.1, 0.15) is 0 Å². The summed E-state index contributed by atoms with van der Waals surface area (Å²) in [5.74, 6) is -0.0181. The highest BCUT2D eigenvalue weighted by Gasteiger charge is 2.01. The van der Waals surface area contributed by atoms with Crippen molar-refractivity contribution in [2.75, 3.05) is 13.2 Å². The van der Waals surface area contributed by atoms with Gasteiger partial charge in [-0.2, -0.15) is 5.26 Å². The molecule has 0 fully saturated rings. The quantitative estimate of drug-likeness (QED) is 0.748. The molecule has 0 unspecified atom stereocenters. The number of ether oxygens (including phenoxy) is 1. The van der Waals surface area contributed by atoms with Gasteiger partial charge in [0.15, 0.2) is 0 Å². The van der Waals surface area contributed by atoms with E-state index in [9.17, 15) is 4.79 Å². The van der Waals surface area contributed by atoms with Crippen molar-refractivity contribution >= 4 is 5.91 Å². The summed E-state index contributed by atoms with van der Waals surface area (Å²) in [6.45, 7) is 3.68. The Balaban J connectivity index is 2.23. The molecule has 0 aliphatic rings. The van der Waals surface area contributed by atoms with Crippen molar-refractivity contribution in [3.05, 3.63) is 35.4 Å². The van der Waals surface area contributed by atoms with Gasteiger partial charge in [0.05, 0.1) is 18.2 Å². The summed E-state index contributed by atoms with van der Waals surface area (Å²) >= 11 is 0. The summed E-state index contributed by atoms with van der Waals surface area (Å²) in [5.41, 5.74) is 1.61.